The molecule has 0 heterocycles. The molecule has 0 aliphatic rings. The summed E-state index contributed by atoms with van der Waals surface area (Å²) in [6.45, 7) is 5.79. The van der Waals surface area contributed by atoms with Gasteiger partial charge in [-0.25, -0.2) is 0 Å². The Kier molecular flexibility index (Phi) is 8.48. The summed E-state index contributed by atoms with van der Waals surface area (Å²) < 4.78 is 4.93. The van der Waals surface area contributed by atoms with Crippen molar-refractivity contribution in [3.8, 4) is 6.07 Å². The standard InChI is InChI=1S/C18H25N3O2/c1-15(2)21(13-16-8-5-4-6-9-16)14-17(12-19)18(22)20-10-7-11-23-3/h4-6,8-9,14-15H,7,10-11,13H2,1-3H3,(H,20,22)/b17-14-. The molecular weight excluding hydrogens is 290 g/mol. The fourth-order valence-corrected chi connectivity index (χ4v) is 1.99. The van der Waals surface area contributed by atoms with Gasteiger partial charge in [0.2, 0.25) is 0 Å². The maximum atomic E-state index is 12.1. The van der Waals surface area contributed by atoms with Gasteiger partial charge in [-0.05, 0) is 25.8 Å². The van der Waals surface area contributed by atoms with Crippen molar-refractivity contribution in [2.45, 2.75) is 32.9 Å². The molecule has 0 saturated heterocycles. The average Bonchev–Trinajstić information content (AvgIpc) is 2.56. The van der Waals surface area contributed by atoms with Crippen LogP contribution in [0.25, 0.3) is 0 Å². The Morgan fingerprint density at radius 3 is 2.65 bits per heavy atom. The van der Waals surface area contributed by atoms with Gasteiger partial charge in [0.15, 0.2) is 0 Å². The van der Waals surface area contributed by atoms with Crippen LogP contribution in [0.4, 0.5) is 0 Å². The number of benzene rings is 1. The summed E-state index contributed by atoms with van der Waals surface area (Å²) in [4.78, 5) is 14.1. The molecule has 1 rings (SSSR count). The van der Waals surface area contributed by atoms with Crippen LogP contribution in [0.2, 0.25) is 0 Å². The van der Waals surface area contributed by atoms with Crippen LogP contribution in [0.15, 0.2) is 42.1 Å². The zero-order chi connectivity index (χ0) is 17.1. The molecule has 23 heavy (non-hydrogen) atoms. The third-order valence-corrected chi connectivity index (χ3v) is 3.34. The van der Waals surface area contributed by atoms with E-state index in [2.05, 4.69) is 5.32 Å². The number of hydrogen-bond acceptors (Lipinski definition) is 4. The molecule has 5 nitrogen and oxygen atoms in total. The van der Waals surface area contributed by atoms with Crippen LogP contribution in [-0.2, 0) is 16.1 Å². The normalized spacial score (nSPS) is 11.2. The van der Waals surface area contributed by atoms with Gasteiger partial charge < -0.3 is 15.0 Å². The Hall–Kier alpha value is -2.32. The molecule has 1 aromatic rings. The van der Waals surface area contributed by atoms with Crippen LogP contribution in [0.5, 0.6) is 0 Å². The molecule has 0 fully saturated rings. The number of amides is 1. The Balaban J connectivity index is 2.74. The van der Waals surface area contributed by atoms with E-state index >= 15 is 0 Å². The van der Waals surface area contributed by atoms with E-state index in [1.165, 1.54) is 0 Å². The first kappa shape index (κ1) is 18.7. The number of nitrogens with one attached hydrogen (secondary N) is 1. The van der Waals surface area contributed by atoms with E-state index in [1.807, 2.05) is 55.1 Å². The van der Waals surface area contributed by atoms with Gasteiger partial charge in [-0.1, -0.05) is 30.3 Å². The number of nitriles is 1. The molecular formula is C18H25N3O2. The molecule has 1 N–H and O–H groups in total. The summed E-state index contributed by atoms with van der Waals surface area (Å²) in [6.07, 6.45) is 2.36. The van der Waals surface area contributed by atoms with Crippen molar-refractivity contribution in [2.75, 3.05) is 20.3 Å². The zero-order valence-electron chi connectivity index (χ0n) is 14.1. The van der Waals surface area contributed by atoms with Crippen molar-refractivity contribution < 1.29 is 9.53 Å². The molecule has 0 bridgehead atoms. The third kappa shape index (κ3) is 6.98. The average molecular weight is 315 g/mol. The van der Waals surface area contributed by atoms with E-state index in [0.717, 1.165) is 12.0 Å². The van der Waals surface area contributed by atoms with E-state index in [9.17, 15) is 10.1 Å². The van der Waals surface area contributed by atoms with Crippen LogP contribution in [-0.4, -0.2) is 37.1 Å². The van der Waals surface area contributed by atoms with Crippen molar-refractivity contribution in [3.05, 3.63) is 47.7 Å². The lowest BCUT2D eigenvalue weighted by atomic mass is 10.2. The smallest absolute Gasteiger partial charge is 0.263 e. The molecule has 0 aliphatic heterocycles. The monoisotopic (exact) mass is 315 g/mol. The molecule has 0 unspecified atom stereocenters. The Bertz CT molecular complexity index is 547. The van der Waals surface area contributed by atoms with E-state index in [0.29, 0.717) is 19.7 Å². The lowest BCUT2D eigenvalue weighted by Crippen LogP contribution is -2.30. The first-order valence-corrected chi connectivity index (χ1v) is 7.77. The number of rotatable bonds is 9. The number of carbonyl (C=O) groups excluding carboxylic acids is 1. The van der Waals surface area contributed by atoms with Crippen molar-refractivity contribution in [1.82, 2.24) is 10.2 Å². The molecule has 1 amide bonds. The minimum absolute atomic E-state index is 0.118. The molecule has 0 atom stereocenters. The maximum absolute atomic E-state index is 12.1. The predicted molar refractivity (Wildman–Crippen MR) is 90.3 cm³/mol. The summed E-state index contributed by atoms with van der Waals surface area (Å²) in [5.41, 5.74) is 1.25. The molecule has 0 aliphatic carbocycles. The molecule has 0 saturated carbocycles. The largest absolute Gasteiger partial charge is 0.385 e. The fourth-order valence-electron chi connectivity index (χ4n) is 1.99. The van der Waals surface area contributed by atoms with E-state index in [-0.39, 0.29) is 17.5 Å². The second-order valence-electron chi connectivity index (χ2n) is 5.51. The van der Waals surface area contributed by atoms with E-state index in [1.54, 1.807) is 13.3 Å². The SMILES string of the molecule is COCCCNC(=O)/C(C#N)=C\N(Cc1ccccc1)C(C)C. The van der Waals surface area contributed by atoms with E-state index in [4.69, 9.17) is 4.74 Å². The Morgan fingerprint density at radius 1 is 1.39 bits per heavy atom. The molecule has 5 heteroatoms. The number of hydrogen-bond donors (Lipinski definition) is 1. The van der Waals surface area contributed by atoms with Gasteiger partial charge in [-0.2, -0.15) is 5.26 Å². The van der Waals surface area contributed by atoms with Gasteiger partial charge in [0, 0.05) is 39.0 Å². The van der Waals surface area contributed by atoms with Gasteiger partial charge in [0.1, 0.15) is 11.6 Å². The second kappa shape index (κ2) is 10.4. The highest BCUT2D eigenvalue weighted by Crippen LogP contribution is 2.10. The lowest BCUT2D eigenvalue weighted by molar-refractivity contribution is -0.117. The number of methoxy groups -OCH3 is 1. The predicted octanol–water partition coefficient (Wildman–Crippen LogP) is 2.46. The zero-order valence-corrected chi connectivity index (χ0v) is 14.1. The second-order valence-corrected chi connectivity index (χ2v) is 5.51. The Morgan fingerprint density at radius 2 is 2.09 bits per heavy atom. The quantitative estimate of drug-likeness (QED) is 0.432. The minimum Gasteiger partial charge on any atom is -0.385 e. The first-order valence-electron chi connectivity index (χ1n) is 7.77. The van der Waals surface area contributed by atoms with Gasteiger partial charge in [0.25, 0.3) is 5.91 Å². The van der Waals surface area contributed by atoms with Crippen molar-refractivity contribution in [2.24, 2.45) is 0 Å². The maximum Gasteiger partial charge on any atom is 0.263 e. The van der Waals surface area contributed by atoms with Crippen molar-refractivity contribution >= 4 is 5.91 Å². The Labute approximate surface area is 138 Å². The first-order chi connectivity index (χ1) is 11.1. The van der Waals surface area contributed by atoms with Crippen molar-refractivity contribution in [3.63, 3.8) is 0 Å². The molecule has 0 radical (unpaired) electrons. The van der Waals surface area contributed by atoms with Gasteiger partial charge in [-0.3, -0.25) is 4.79 Å². The fraction of sp³-hybridized carbons (Fsp3) is 0.444. The van der Waals surface area contributed by atoms with Gasteiger partial charge in [0.05, 0.1) is 0 Å². The van der Waals surface area contributed by atoms with Crippen LogP contribution in [0, 0.1) is 11.3 Å². The minimum atomic E-state index is -0.345. The third-order valence-electron chi connectivity index (χ3n) is 3.34. The van der Waals surface area contributed by atoms with E-state index < -0.39 is 0 Å². The lowest BCUT2D eigenvalue weighted by Gasteiger charge is -2.25. The number of ether oxygens (including phenoxy) is 1. The highest BCUT2D eigenvalue weighted by Gasteiger charge is 2.13. The molecule has 1 aromatic carbocycles. The van der Waals surface area contributed by atoms with Crippen LogP contribution in [0.1, 0.15) is 25.8 Å². The highest BCUT2D eigenvalue weighted by molar-refractivity contribution is 5.97. The highest BCUT2D eigenvalue weighted by atomic mass is 16.5. The topological polar surface area (TPSA) is 65.4 Å². The summed E-state index contributed by atoms with van der Waals surface area (Å²) >= 11 is 0. The molecule has 0 spiro atoms. The van der Waals surface area contributed by atoms with Crippen LogP contribution < -0.4 is 5.32 Å². The van der Waals surface area contributed by atoms with Gasteiger partial charge >= 0.3 is 0 Å². The number of nitrogens with zero attached hydrogens (tertiary/aromatic N) is 2. The summed E-state index contributed by atoms with van der Waals surface area (Å²) in [7, 11) is 1.62. The summed E-state index contributed by atoms with van der Waals surface area (Å²) in [6, 6.07) is 12.1. The van der Waals surface area contributed by atoms with Crippen LogP contribution in [0.3, 0.4) is 0 Å². The summed E-state index contributed by atoms with van der Waals surface area (Å²) in [5.74, 6) is -0.345. The molecule has 124 valence electrons. The summed E-state index contributed by atoms with van der Waals surface area (Å²) in [5, 5.41) is 12.0. The number of carbonyl (C=O) groups is 1. The molecule has 0 aromatic heterocycles. The van der Waals surface area contributed by atoms with Gasteiger partial charge in [-0.15, -0.1) is 0 Å². The van der Waals surface area contributed by atoms with Crippen LogP contribution >= 0.6 is 0 Å². The van der Waals surface area contributed by atoms with Crippen molar-refractivity contribution in [1.29, 1.82) is 5.26 Å².